The summed E-state index contributed by atoms with van der Waals surface area (Å²) in [6.45, 7) is 1.56. The number of carbonyl (C=O) groups is 1. The number of H-pyrrole nitrogens is 1. The molecule has 1 aromatic heterocycles. The van der Waals surface area contributed by atoms with Gasteiger partial charge >= 0.3 is 11.7 Å². The predicted octanol–water partition coefficient (Wildman–Crippen LogP) is -0.777. The Labute approximate surface area is 119 Å². The van der Waals surface area contributed by atoms with Crippen molar-refractivity contribution in [3.05, 3.63) is 44.8 Å². The lowest BCUT2D eigenvalue weighted by Gasteiger charge is -2.14. The van der Waals surface area contributed by atoms with Gasteiger partial charge in [-0.3, -0.25) is 14.3 Å². The minimum Gasteiger partial charge on any atom is -0.466 e. The van der Waals surface area contributed by atoms with E-state index in [9.17, 15) is 19.5 Å². The van der Waals surface area contributed by atoms with Crippen LogP contribution in [0.25, 0.3) is 0 Å². The van der Waals surface area contributed by atoms with Crippen molar-refractivity contribution >= 4 is 5.97 Å². The normalized spacial score (nSPS) is 25.4. The largest absolute Gasteiger partial charge is 0.466 e. The van der Waals surface area contributed by atoms with E-state index in [4.69, 9.17) is 4.74 Å². The number of aliphatic hydroxyl groups excluding tert-OH is 1. The summed E-state index contributed by atoms with van der Waals surface area (Å²) in [5, 5.41) is 9.91. The summed E-state index contributed by atoms with van der Waals surface area (Å²) in [6, 6.07) is 0. The van der Waals surface area contributed by atoms with Crippen LogP contribution in [-0.4, -0.2) is 39.9 Å². The second kappa shape index (κ2) is 6.06. The Balaban J connectivity index is 2.20. The van der Waals surface area contributed by atoms with Gasteiger partial charge in [0.1, 0.15) is 12.3 Å². The fourth-order valence-corrected chi connectivity index (χ4v) is 2.06. The number of esters is 1. The zero-order valence-corrected chi connectivity index (χ0v) is 11.6. The van der Waals surface area contributed by atoms with Crippen LogP contribution in [0.1, 0.15) is 18.2 Å². The Morgan fingerprint density at radius 1 is 1.57 bits per heavy atom. The van der Waals surface area contributed by atoms with Gasteiger partial charge in [0.25, 0.3) is 5.56 Å². The molecule has 2 N–H and O–H groups in total. The Morgan fingerprint density at radius 2 is 2.29 bits per heavy atom. The zero-order chi connectivity index (χ0) is 15.6. The maximum Gasteiger partial charge on any atom is 0.330 e. The van der Waals surface area contributed by atoms with Gasteiger partial charge in [0.05, 0.1) is 13.2 Å². The molecule has 2 heterocycles. The summed E-state index contributed by atoms with van der Waals surface area (Å²) >= 11 is 0. The molecule has 0 aromatic carbocycles. The van der Waals surface area contributed by atoms with Gasteiger partial charge in [-0.2, -0.15) is 0 Å². The molecular weight excluding hydrogens is 280 g/mol. The molecule has 21 heavy (non-hydrogen) atoms. The molecule has 0 spiro atoms. The number of carbonyl (C=O) groups excluding carboxylic acids is 1. The fourth-order valence-electron chi connectivity index (χ4n) is 2.06. The second-order valence-corrected chi connectivity index (χ2v) is 4.72. The molecule has 1 aliphatic heterocycles. The highest BCUT2D eigenvalue weighted by Crippen LogP contribution is 2.28. The van der Waals surface area contributed by atoms with Crippen LogP contribution in [0, 0.1) is 6.92 Å². The number of aliphatic hydroxyl groups is 1. The highest BCUT2D eigenvalue weighted by Gasteiger charge is 2.34. The van der Waals surface area contributed by atoms with E-state index < -0.39 is 35.7 Å². The molecule has 8 heteroatoms. The number of aromatic amines is 1. The average molecular weight is 296 g/mol. The number of methoxy groups -OCH3 is 1. The molecule has 1 aliphatic rings. The summed E-state index contributed by atoms with van der Waals surface area (Å²) in [6.07, 6.45) is 1.77. The molecule has 1 aromatic rings. The van der Waals surface area contributed by atoms with Crippen LogP contribution in [0.5, 0.6) is 0 Å². The van der Waals surface area contributed by atoms with Crippen molar-refractivity contribution in [2.24, 2.45) is 0 Å². The number of hydrogen-bond donors (Lipinski definition) is 2. The van der Waals surface area contributed by atoms with Crippen molar-refractivity contribution < 1.29 is 19.4 Å². The molecule has 2 rings (SSSR count). The van der Waals surface area contributed by atoms with E-state index in [-0.39, 0.29) is 6.42 Å². The minimum absolute atomic E-state index is 0.168. The predicted molar refractivity (Wildman–Crippen MR) is 71.7 cm³/mol. The fraction of sp³-hybridized carbons (Fsp3) is 0.462. The molecular formula is C13H16N2O6. The average Bonchev–Trinajstić information content (AvgIpc) is 2.81. The highest BCUT2D eigenvalue weighted by atomic mass is 16.5. The SMILES string of the molecule is COC(=O)/C=C\[C@H]1O[C@@H](n2cc(C)c(=O)[nH]c2=O)C[C@@H]1O. The van der Waals surface area contributed by atoms with Crippen molar-refractivity contribution in [1.29, 1.82) is 0 Å². The monoisotopic (exact) mass is 296 g/mol. The Hall–Kier alpha value is -2.19. The lowest BCUT2D eigenvalue weighted by molar-refractivity contribution is -0.134. The number of hydrogen-bond acceptors (Lipinski definition) is 6. The molecule has 0 bridgehead atoms. The molecule has 3 atom stereocenters. The maximum atomic E-state index is 11.8. The van der Waals surface area contributed by atoms with Crippen LogP contribution >= 0.6 is 0 Å². The summed E-state index contributed by atoms with van der Waals surface area (Å²) in [5.74, 6) is -0.564. The van der Waals surface area contributed by atoms with Gasteiger partial charge in [-0.05, 0) is 13.0 Å². The number of aromatic nitrogens is 2. The van der Waals surface area contributed by atoms with E-state index in [1.54, 1.807) is 6.92 Å². The first kappa shape index (κ1) is 15.2. The summed E-state index contributed by atoms with van der Waals surface area (Å²) in [5.41, 5.74) is -0.710. The number of aryl methyl sites for hydroxylation is 1. The Kier molecular flexibility index (Phi) is 4.39. The van der Waals surface area contributed by atoms with Gasteiger partial charge in [-0.1, -0.05) is 0 Å². The van der Waals surface area contributed by atoms with Crippen LogP contribution in [0.4, 0.5) is 0 Å². The highest BCUT2D eigenvalue weighted by molar-refractivity contribution is 5.81. The van der Waals surface area contributed by atoms with Gasteiger partial charge in [0.2, 0.25) is 0 Å². The molecule has 8 nitrogen and oxygen atoms in total. The topological polar surface area (TPSA) is 111 Å². The number of nitrogens with one attached hydrogen (secondary N) is 1. The van der Waals surface area contributed by atoms with Crippen molar-refractivity contribution in [3.8, 4) is 0 Å². The van der Waals surface area contributed by atoms with Crippen LogP contribution in [0.2, 0.25) is 0 Å². The quantitative estimate of drug-likeness (QED) is 0.559. The van der Waals surface area contributed by atoms with Gasteiger partial charge in [-0.15, -0.1) is 0 Å². The second-order valence-electron chi connectivity index (χ2n) is 4.72. The summed E-state index contributed by atoms with van der Waals surface area (Å²) in [4.78, 5) is 36.3. The van der Waals surface area contributed by atoms with Crippen molar-refractivity contribution in [1.82, 2.24) is 9.55 Å². The third-order valence-electron chi connectivity index (χ3n) is 3.22. The van der Waals surface area contributed by atoms with E-state index in [0.717, 1.165) is 6.08 Å². The van der Waals surface area contributed by atoms with Gasteiger partial charge in [0, 0.05) is 24.3 Å². The molecule has 0 amide bonds. The van der Waals surface area contributed by atoms with E-state index in [0.29, 0.717) is 5.56 Å². The van der Waals surface area contributed by atoms with E-state index in [1.165, 1.54) is 23.9 Å². The van der Waals surface area contributed by atoms with E-state index >= 15 is 0 Å². The van der Waals surface area contributed by atoms with Crippen molar-refractivity contribution in [3.63, 3.8) is 0 Å². The first-order valence-electron chi connectivity index (χ1n) is 6.34. The zero-order valence-electron chi connectivity index (χ0n) is 11.6. The summed E-state index contributed by atoms with van der Waals surface area (Å²) < 4.78 is 11.2. The number of rotatable bonds is 3. The van der Waals surface area contributed by atoms with Gasteiger partial charge in [0.15, 0.2) is 0 Å². The molecule has 0 saturated carbocycles. The van der Waals surface area contributed by atoms with E-state index in [2.05, 4.69) is 9.72 Å². The lowest BCUT2D eigenvalue weighted by atomic mass is 10.1. The van der Waals surface area contributed by atoms with Crippen molar-refractivity contribution in [2.75, 3.05) is 7.11 Å². The smallest absolute Gasteiger partial charge is 0.330 e. The van der Waals surface area contributed by atoms with Crippen LogP contribution in [-0.2, 0) is 14.3 Å². The molecule has 0 unspecified atom stereocenters. The molecule has 0 aliphatic carbocycles. The third kappa shape index (κ3) is 3.29. The summed E-state index contributed by atoms with van der Waals surface area (Å²) in [7, 11) is 1.24. The standard InChI is InChI=1S/C13H16N2O6/c1-7-6-15(13(19)14-12(7)18)10-5-8(16)9(21-10)3-4-11(17)20-2/h3-4,6,8-10,16H,5H2,1-2H3,(H,14,18,19)/b4-3-/t8-,9+,10+/m0/s1. The third-order valence-corrected chi connectivity index (χ3v) is 3.22. The molecule has 1 fully saturated rings. The molecule has 1 saturated heterocycles. The van der Waals surface area contributed by atoms with Crippen LogP contribution < -0.4 is 11.2 Å². The minimum atomic E-state index is -0.866. The molecule has 114 valence electrons. The first-order chi connectivity index (χ1) is 9.92. The Morgan fingerprint density at radius 3 is 2.95 bits per heavy atom. The number of ether oxygens (including phenoxy) is 2. The van der Waals surface area contributed by atoms with Crippen LogP contribution in [0.15, 0.2) is 27.9 Å². The molecule has 0 radical (unpaired) electrons. The lowest BCUT2D eigenvalue weighted by Crippen LogP contribution is -2.33. The van der Waals surface area contributed by atoms with Gasteiger partial charge < -0.3 is 14.6 Å². The Bertz CT molecular complexity index is 674. The number of nitrogens with zero attached hydrogens (tertiary/aromatic N) is 1. The van der Waals surface area contributed by atoms with Crippen LogP contribution in [0.3, 0.4) is 0 Å². The van der Waals surface area contributed by atoms with Gasteiger partial charge in [-0.25, -0.2) is 9.59 Å². The maximum absolute atomic E-state index is 11.8. The van der Waals surface area contributed by atoms with Crippen molar-refractivity contribution in [2.45, 2.75) is 31.8 Å². The first-order valence-corrected chi connectivity index (χ1v) is 6.34. The van der Waals surface area contributed by atoms with E-state index in [1.807, 2.05) is 0 Å².